The van der Waals surface area contributed by atoms with Crippen molar-refractivity contribution in [3.05, 3.63) is 51.7 Å². The van der Waals surface area contributed by atoms with E-state index in [1.165, 1.54) is 12.8 Å². The Bertz CT molecular complexity index is 1070. The molecule has 1 aromatic carbocycles. The van der Waals surface area contributed by atoms with Crippen molar-refractivity contribution in [2.45, 2.75) is 63.8 Å². The molecule has 0 saturated carbocycles. The SMILES string of the molecule is COc1ccc(C(=O)CCCCC(=O)[NH2+][C@H](CN2CCCC2)[C@H](O)c2sccc2C)cc1.O=C(O)C(F)(F)F. The summed E-state index contributed by atoms with van der Waals surface area (Å²) in [5.74, 6) is -1.89. The Balaban J connectivity index is 0.000000673. The molecule has 0 unspecified atom stereocenters. The van der Waals surface area contributed by atoms with Crippen LogP contribution in [0, 0.1) is 6.92 Å². The highest BCUT2D eigenvalue weighted by atomic mass is 32.1. The number of likely N-dealkylation sites (tertiary alicyclic amines) is 1. The number of Topliss-reactive ketones (excluding diaryl/α,β-unsaturated/α-hetero) is 1. The number of methoxy groups -OCH3 is 1. The Kier molecular flexibility index (Phi) is 13.1. The summed E-state index contributed by atoms with van der Waals surface area (Å²) in [6, 6.07) is 8.92. The van der Waals surface area contributed by atoms with E-state index in [0.717, 1.165) is 29.3 Å². The average Bonchev–Trinajstić information content (AvgIpc) is 3.57. The highest BCUT2D eigenvalue weighted by Crippen LogP contribution is 2.26. The zero-order valence-corrected chi connectivity index (χ0v) is 22.9. The molecule has 1 fully saturated rings. The van der Waals surface area contributed by atoms with Crippen molar-refractivity contribution in [3.63, 3.8) is 0 Å². The number of aliphatic hydroxyl groups excluding tert-OH is 1. The van der Waals surface area contributed by atoms with Crippen LogP contribution in [0.1, 0.15) is 65.4 Å². The Morgan fingerprint density at radius 3 is 2.18 bits per heavy atom. The first-order valence-corrected chi connectivity index (χ1v) is 13.6. The summed E-state index contributed by atoms with van der Waals surface area (Å²) in [6.07, 6.45) is -1.21. The summed E-state index contributed by atoms with van der Waals surface area (Å²) in [4.78, 5) is 37.2. The third-order valence-corrected chi connectivity index (χ3v) is 7.46. The number of amides is 1. The molecule has 8 nitrogen and oxygen atoms in total. The van der Waals surface area contributed by atoms with Crippen molar-refractivity contribution in [1.29, 1.82) is 0 Å². The van der Waals surface area contributed by atoms with E-state index in [0.29, 0.717) is 37.8 Å². The summed E-state index contributed by atoms with van der Waals surface area (Å²) in [6.45, 7) is 4.77. The molecule has 1 aromatic heterocycles. The zero-order chi connectivity index (χ0) is 29.0. The molecule has 1 aliphatic rings. The number of aryl methyl sites for hydroxylation is 1. The van der Waals surface area contributed by atoms with Crippen LogP contribution < -0.4 is 10.1 Å². The lowest BCUT2D eigenvalue weighted by atomic mass is 10.0. The molecule has 0 bridgehead atoms. The minimum Gasteiger partial charge on any atom is -0.497 e. The molecular weight excluding hydrogens is 537 g/mol. The molecule has 2 atom stereocenters. The number of ether oxygens (including phenoxy) is 1. The molecule has 1 saturated heterocycles. The number of thiophene rings is 1. The van der Waals surface area contributed by atoms with Crippen LogP contribution in [0.5, 0.6) is 5.75 Å². The number of carbonyl (C=O) groups is 3. The first kappa shape index (κ1) is 32.4. The Labute approximate surface area is 229 Å². The predicted octanol–water partition coefficient (Wildman–Crippen LogP) is 3.73. The topological polar surface area (TPSA) is 121 Å². The van der Waals surface area contributed by atoms with Gasteiger partial charge in [0.25, 0.3) is 0 Å². The molecule has 216 valence electrons. The van der Waals surface area contributed by atoms with Crippen molar-refractivity contribution in [1.82, 2.24) is 4.90 Å². The van der Waals surface area contributed by atoms with Gasteiger partial charge in [-0.3, -0.25) is 15.0 Å². The summed E-state index contributed by atoms with van der Waals surface area (Å²) < 4.78 is 36.9. The number of carbonyl (C=O) groups excluding carboxylic acids is 2. The number of rotatable bonds is 12. The average molecular weight is 574 g/mol. The van der Waals surface area contributed by atoms with Gasteiger partial charge in [-0.1, -0.05) is 0 Å². The summed E-state index contributed by atoms with van der Waals surface area (Å²) in [5.41, 5.74) is 1.75. The van der Waals surface area contributed by atoms with Crippen molar-refractivity contribution >= 4 is 29.0 Å². The van der Waals surface area contributed by atoms with E-state index in [2.05, 4.69) is 4.90 Å². The monoisotopic (exact) mass is 573 g/mol. The van der Waals surface area contributed by atoms with Gasteiger partial charge in [-0.25, -0.2) is 9.59 Å². The van der Waals surface area contributed by atoms with Crippen LogP contribution in [0.2, 0.25) is 0 Å². The molecular formula is C27H36F3N2O6S+. The van der Waals surface area contributed by atoms with E-state index in [4.69, 9.17) is 14.6 Å². The van der Waals surface area contributed by atoms with E-state index in [9.17, 15) is 27.9 Å². The van der Waals surface area contributed by atoms with Crippen molar-refractivity contribution in [3.8, 4) is 5.75 Å². The van der Waals surface area contributed by atoms with Gasteiger partial charge in [0.05, 0.1) is 20.1 Å². The number of aliphatic hydroxyl groups is 1. The molecule has 1 amide bonds. The standard InChI is InChI=1S/C25H34N2O4S.C2HF3O2/c1-18-13-16-32-25(18)24(30)21(17-27-14-5-6-15-27)26-23(29)8-4-3-7-22(28)19-9-11-20(31-2)12-10-19;3-2(4,5)1(6)7/h9-13,16,21,24,30H,3-8,14-15,17H2,1-2H3,(H,26,29);(H,6,7)/p+1/t21-,24+;/m1./s1. The Morgan fingerprint density at radius 2 is 1.67 bits per heavy atom. The molecule has 3 rings (SSSR count). The van der Waals surface area contributed by atoms with Crippen LogP contribution in [0.25, 0.3) is 0 Å². The smallest absolute Gasteiger partial charge is 0.490 e. The number of hydrogen-bond donors (Lipinski definition) is 3. The van der Waals surface area contributed by atoms with Gasteiger partial charge in [0.15, 0.2) is 5.78 Å². The van der Waals surface area contributed by atoms with Gasteiger partial charge in [-0.2, -0.15) is 13.2 Å². The van der Waals surface area contributed by atoms with Crippen molar-refractivity contribution in [2.24, 2.45) is 0 Å². The number of ketones is 1. The van der Waals surface area contributed by atoms with E-state index >= 15 is 0 Å². The van der Waals surface area contributed by atoms with Gasteiger partial charge in [0.1, 0.15) is 17.9 Å². The lowest BCUT2D eigenvalue weighted by Crippen LogP contribution is -2.95. The fourth-order valence-corrected chi connectivity index (χ4v) is 5.20. The number of alkyl halides is 3. The third-order valence-electron chi connectivity index (χ3n) is 6.38. The van der Waals surface area contributed by atoms with Gasteiger partial charge in [-0.15, -0.1) is 11.3 Å². The second kappa shape index (κ2) is 15.7. The van der Waals surface area contributed by atoms with E-state index in [1.54, 1.807) is 48.0 Å². The van der Waals surface area contributed by atoms with E-state index in [1.807, 2.05) is 18.4 Å². The van der Waals surface area contributed by atoms with Gasteiger partial charge < -0.3 is 14.9 Å². The van der Waals surface area contributed by atoms with Crippen molar-refractivity contribution in [2.75, 3.05) is 26.7 Å². The van der Waals surface area contributed by atoms with Crippen LogP contribution in [-0.4, -0.2) is 71.7 Å². The molecule has 0 aliphatic carbocycles. The number of nitrogens with zero attached hydrogens (tertiary/aromatic N) is 1. The second-order valence-corrected chi connectivity index (χ2v) is 10.3. The number of carboxylic acid groups (broad SMARTS) is 1. The first-order valence-electron chi connectivity index (χ1n) is 12.7. The number of benzene rings is 1. The normalized spacial score (nSPS) is 15.2. The van der Waals surface area contributed by atoms with E-state index < -0.39 is 18.2 Å². The predicted molar refractivity (Wildman–Crippen MR) is 140 cm³/mol. The molecule has 12 heteroatoms. The maximum atomic E-state index is 12.7. The summed E-state index contributed by atoms with van der Waals surface area (Å²) in [7, 11) is 1.60. The number of nitrogens with two attached hydrogens (primary N) is 1. The number of halogens is 3. The highest BCUT2D eigenvalue weighted by Gasteiger charge is 2.38. The van der Waals surface area contributed by atoms with Gasteiger partial charge in [-0.05, 0) is 87.0 Å². The maximum absolute atomic E-state index is 12.7. The number of unbranched alkanes of at least 4 members (excludes halogenated alkanes) is 1. The maximum Gasteiger partial charge on any atom is 0.490 e. The zero-order valence-electron chi connectivity index (χ0n) is 22.1. The van der Waals surface area contributed by atoms with Gasteiger partial charge in [0, 0.05) is 16.9 Å². The number of carboxylic acids is 1. The van der Waals surface area contributed by atoms with Gasteiger partial charge in [0.2, 0.25) is 0 Å². The van der Waals surface area contributed by atoms with Crippen LogP contribution in [-0.2, 0) is 9.59 Å². The summed E-state index contributed by atoms with van der Waals surface area (Å²) >= 11 is 1.55. The minimum atomic E-state index is -5.08. The molecule has 1 aliphatic heterocycles. The van der Waals surface area contributed by atoms with Crippen molar-refractivity contribution < 1.29 is 47.8 Å². The number of quaternary nitrogens is 1. The number of aliphatic carboxylic acids is 1. The fraction of sp³-hybridized carbons (Fsp3) is 0.519. The molecule has 4 N–H and O–H groups in total. The van der Waals surface area contributed by atoms with Crippen LogP contribution >= 0.6 is 11.3 Å². The quantitative estimate of drug-likeness (QED) is 0.261. The number of primary amides is 1. The van der Waals surface area contributed by atoms with Crippen LogP contribution in [0.3, 0.4) is 0 Å². The molecule has 39 heavy (non-hydrogen) atoms. The lowest BCUT2D eigenvalue weighted by molar-refractivity contribution is -0.616. The number of hydrogen-bond acceptors (Lipinski definition) is 7. The van der Waals surface area contributed by atoms with E-state index in [-0.39, 0.29) is 17.7 Å². The molecule has 2 heterocycles. The first-order chi connectivity index (χ1) is 18.4. The highest BCUT2D eigenvalue weighted by molar-refractivity contribution is 7.10. The van der Waals surface area contributed by atoms with Crippen LogP contribution in [0.15, 0.2) is 35.7 Å². The lowest BCUT2D eigenvalue weighted by Gasteiger charge is -2.25. The summed E-state index contributed by atoms with van der Waals surface area (Å²) in [5, 5.41) is 21.9. The minimum absolute atomic E-state index is 0.0550. The Hall–Kier alpha value is -2.80. The van der Waals surface area contributed by atoms with Gasteiger partial charge >= 0.3 is 18.1 Å². The largest absolute Gasteiger partial charge is 0.497 e. The molecule has 0 spiro atoms. The molecule has 0 radical (unpaired) electrons. The molecule has 2 aromatic rings. The van der Waals surface area contributed by atoms with Crippen LogP contribution in [0.4, 0.5) is 13.2 Å². The second-order valence-electron chi connectivity index (χ2n) is 9.38. The fourth-order valence-electron chi connectivity index (χ4n) is 4.22. The Morgan fingerprint density at radius 1 is 1.08 bits per heavy atom. The third kappa shape index (κ3) is 11.1.